The third kappa shape index (κ3) is 2.06. The van der Waals surface area contributed by atoms with Gasteiger partial charge < -0.3 is 0 Å². The topological polar surface area (TPSA) is 46.8 Å². The normalized spacial score (nSPS) is 16.6. The Balaban J connectivity index is 1.86. The Labute approximate surface area is 102 Å². The average molecular weight is 230 g/mol. The summed E-state index contributed by atoms with van der Waals surface area (Å²) in [5, 5.41) is 4.45. The molecule has 17 heavy (non-hydrogen) atoms. The van der Waals surface area contributed by atoms with E-state index >= 15 is 0 Å². The summed E-state index contributed by atoms with van der Waals surface area (Å²) >= 11 is 0. The van der Waals surface area contributed by atoms with Gasteiger partial charge in [0, 0.05) is 30.6 Å². The molecule has 3 rings (SSSR count). The molecule has 5 heteroatoms. The van der Waals surface area contributed by atoms with E-state index in [0.717, 1.165) is 12.2 Å². The molecule has 0 amide bonds. The minimum Gasteiger partial charge on any atom is -0.299 e. The molecule has 0 aromatic carbocycles. The maximum absolute atomic E-state index is 7.43. The van der Waals surface area contributed by atoms with E-state index in [1.54, 1.807) is 16.9 Å². The summed E-state index contributed by atoms with van der Waals surface area (Å²) < 4.78 is 9.15. The Morgan fingerprint density at radius 2 is 2.35 bits per heavy atom. The fourth-order valence-electron chi connectivity index (χ4n) is 1.93. The molecule has 0 atom stereocenters. The van der Waals surface area contributed by atoms with Gasteiger partial charge in [0.05, 0.1) is 5.69 Å². The van der Waals surface area contributed by atoms with Crippen molar-refractivity contribution in [3.8, 4) is 5.82 Å². The second kappa shape index (κ2) is 4.25. The van der Waals surface area contributed by atoms with Gasteiger partial charge >= 0.3 is 0 Å². The van der Waals surface area contributed by atoms with Crippen LogP contribution < -0.4 is 0 Å². The minimum absolute atomic E-state index is 0.0185. The van der Waals surface area contributed by atoms with Gasteiger partial charge in [-0.1, -0.05) is 0 Å². The molecule has 1 fully saturated rings. The Morgan fingerprint density at radius 1 is 1.47 bits per heavy atom. The molecule has 2 aromatic heterocycles. The first kappa shape index (κ1) is 9.30. The summed E-state index contributed by atoms with van der Waals surface area (Å²) in [4.78, 5) is 10.2. The Kier molecular flexibility index (Phi) is 2.33. The largest absolute Gasteiger partial charge is 0.299 e. The maximum atomic E-state index is 7.43. The monoisotopic (exact) mass is 230 g/mol. The van der Waals surface area contributed by atoms with Crippen molar-refractivity contribution in [2.75, 3.05) is 13.1 Å². The molecule has 0 N–H and O–H groups in total. The van der Waals surface area contributed by atoms with E-state index in [4.69, 9.17) is 1.37 Å². The third-order valence-electron chi connectivity index (χ3n) is 3.10. The van der Waals surface area contributed by atoms with Crippen LogP contribution in [0.4, 0.5) is 0 Å². The minimum atomic E-state index is 0.0185. The van der Waals surface area contributed by atoms with Gasteiger partial charge in [0.25, 0.3) is 0 Å². The van der Waals surface area contributed by atoms with Gasteiger partial charge in [0.1, 0.15) is 7.67 Å². The summed E-state index contributed by atoms with van der Waals surface area (Å²) in [6, 6.07) is 1.76. The van der Waals surface area contributed by atoms with Crippen LogP contribution in [0.15, 0.2) is 24.8 Å². The Bertz CT molecular complexity index is 561. The summed E-state index contributed by atoms with van der Waals surface area (Å²) in [6.45, 7) is 5.31. The van der Waals surface area contributed by atoms with Gasteiger partial charge in [-0.2, -0.15) is 5.10 Å². The number of aromatic nitrogens is 4. The zero-order valence-electron chi connectivity index (χ0n) is 10.8. The van der Waals surface area contributed by atoms with E-state index in [9.17, 15) is 0 Å². The van der Waals surface area contributed by atoms with Crippen molar-refractivity contribution in [1.82, 2.24) is 24.6 Å². The quantitative estimate of drug-likeness (QED) is 0.794. The molecule has 0 radical (unpaired) electrons. The van der Waals surface area contributed by atoms with E-state index in [-0.39, 0.29) is 6.30 Å². The summed E-state index contributed by atoms with van der Waals surface area (Å²) in [6.07, 6.45) is 4.89. The molecule has 0 bridgehead atoms. The third-order valence-corrected chi connectivity index (χ3v) is 3.10. The van der Waals surface area contributed by atoms with E-state index in [0.29, 0.717) is 5.82 Å². The molecular formula is C12H15N5. The van der Waals surface area contributed by atoms with Gasteiger partial charge in [-0.05, 0) is 26.4 Å². The van der Waals surface area contributed by atoms with Crippen LogP contribution in [-0.4, -0.2) is 37.7 Å². The second-order valence-corrected chi connectivity index (χ2v) is 4.33. The first-order valence-electron chi connectivity index (χ1n) is 6.30. The lowest BCUT2D eigenvalue weighted by atomic mass is 10.1. The number of nitrogens with zero attached hydrogens (tertiary/aromatic N) is 5. The van der Waals surface area contributed by atoms with Gasteiger partial charge in [0.15, 0.2) is 5.82 Å². The zero-order valence-corrected chi connectivity index (χ0v) is 9.80. The molecule has 0 saturated carbocycles. The van der Waals surface area contributed by atoms with Crippen molar-refractivity contribution in [3.05, 3.63) is 36.0 Å². The van der Waals surface area contributed by atoms with Crippen LogP contribution in [0.3, 0.4) is 0 Å². The highest BCUT2D eigenvalue weighted by Gasteiger charge is 2.16. The Morgan fingerprint density at radius 3 is 3.06 bits per heavy atom. The summed E-state index contributed by atoms with van der Waals surface area (Å²) in [5.74, 6) is 0.646. The van der Waals surface area contributed by atoms with Crippen molar-refractivity contribution in [2.24, 2.45) is 0 Å². The summed E-state index contributed by atoms with van der Waals surface area (Å²) in [7, 11) is 0. The van der Waals surface area contributed by atoms with Crippen LogP contribution >= 0.6 is 0 Å². The van der Waals surface area contributed by atoms with Gasteiger partial charge in [-0.25, -0.2) is 14.6 Å². The van der Waals surface area contributed by atoms with Gasteiger partial charge in [-0.15, -0.1) is 0 Å². The molecule has 1 aliphatic rings. The van der Waals surface area contributed by atoms with Crippen LogP contribution in [0, 0.1) is 6.92 Å². The highest BCUT2D eigenvalue weighted by molar-refractivity contribution is 5.24. The second-order valence-electron chi connectivity index (χ2n) is 4.33. The van der Waals surface area contributed by atoms with Crippen LogP contribution in [0.2, 0.25) is 0 Å². The fourth-order valence-corrected chi connectivity index (χ4v) is 1.93. The van der Waals surface area contributed by atoms with Crippen molar-refractivity contribution in [2.45, 2.75) is 19.9 Å². The number of hydrogen-bond acceptors (Lipinski definition) is 4. The Hall–Kier alpha value is -1.75. The molecule has 0 aliphatic carbocycles. The lowest BCUT2D eigenvalue weighted by Crippen LogP contribution is -2.36. The predicted molar refractivity (Wildman–Crippen MR) is 63.8 cm³/mol. The number of rotatable bonds is 3. The molecular weight excluding hydrogens is 214 g/mol. The molecule has 1 saturated heterocycles. The van der Waals surface area contributed by atoms with Crippen molar-refractivity contribution in [3.63, 3.8) is 0 Å². The summed E-state index contributed by atoms with van der Waals surface area (Å²) in [5.41, 5.74) is 2.24. The van der Waals surface area contributed by atoms with E-state index in [2.05, 4.69) is 20.0 Å². The fraction of sp³-hybridized carbons (Fsp3) is 0.417. The number of likely N-dealkylation sites (tertiary alicyclic amines) is 1. The number of aryl methyl sites for hydroxylation is 1. The SMILES string of the molecule is [2H]c1nccc(-n2cc(CN3CCC3)c(C)n2)n1. The smallest absolute Gasteiger partial charge is 0.156 e. The molecule has 2 aromatic rings. The first-order chi connectivity index (χ1) is 8.72. The number of hydrogen-bond donors (Lipinski definition) is 0. The first-order valence-corrected chi connectivity index (χ1v) is 5.80. The van der Waals surface area contributed by atoms with Crippen LogP contribution in [-0.2, 0) is 6.54 Å². The lowest BCUT2D eigenvalue weighted by molar-refractivity contribution is 0.172. The highest BCUT2D eigenvalue weighted by Crippen LogP contribution is 2.15. The molecule has 0 unspecified atom stereocenters. The molecule has 0 spiro atoms. The standard InChI is InChI=1S/C12H15N5/c1-10-11(7-16-5-2-6-16)8-17(15-10)12-3-4-13-9-14-12/h3-4,8-9H,2,5-7H2,1H3/i9D. The highest BCUT2D eigenvalue weighted by atomic mass is 15.3. The lowest BCUT2D eigenvalue weighted by Gasteiger charge is -2.30. The van der Waals surface area contributed by atoms with Crippen LogP contribution in [0.1, 0.15) is 19.0 Å². The van der Waals surface area contributed by atoms with Crippen molar-refractivity contribution < 1.29 is 1.37 Å². The van der Waals surface area contributed by atoms with Gasteiger partial charge in [0.2, 0.25) is 0 Å². The molecule has 3 heterocycles. The van der Waals surface area contributed by atoms with Crippen molar-refractivity contribution >= 4 is 0 Å². The maximum Gasteiger partial charge on any atom is 0.156 e. The van der Waals surface area contributed by atoms with Crippen molar-refractivity contribution in [1.29, 1.82) is 0 Å². The van der Waals surface area contributed by atoms with Crippen LogP contribution in [0.25, 0.3) is 5.82 Å². The van der Waals surface area contributed by atoms with E-state index in [1.165, 1.54) is 25.1 Å². The van der Waals surface area contributed by atoms with Gasteiger partial charge in [-0.3, -0.25) is 4.90 Å². The zero-order chi connectivity index (χ0) is 12.5. The predicted octanol–water partition coefficient (Wildman–Crippen LogP) is 1.18. The molecule has 5 nitrogen and oxygen atoms in total. The van der Waals surface area contributed by atoms with E-state index in [1.807, 2.05) is 13.1 Å². The van der Waals surface area contributed by atoms with E-state index < -0.39 is 0 Å². The van der Waals surface area contributed by atoms with Crippen LogP contribution in [0.5, 0.6) is 0 Å². The molecule has 88 valence electrons. The molecule has 1 aliphatic heterocycles. The average Bonchev–Trinajstić information content (AvgIpc) is 2.65.